The first-order chi connectivity index (χ1) is 15.1. The summed E-state index contributed by atoms with van der Waals surface area (Å²) in [6.45, 7) is 3.52. The number of nitrogens with zero attached hydrogens (tertiary/aromatic N) is 3. The summed E-state index contributed by atoms with van der Waals surface area (Å²) >= 11 is 0. The van der Waals surface area contributed by atoms with Crippen LogP contribution in [0, 0.1) is 0 Å². The highest BCUT2D eigenvalue weighted by Crippen LogP contribution is 2.33. The lowest BCUT2D eigenvalue weighted by Gasteiger charge is -2.38. The third kappa shape index (κ3) is 5.02. The van der Waals surface area contributed by atoms with Crippen LogP contribution >= 0.6 is 0 Å². The predicted molar refractivity (Wildman–Crippen MR) is 118 cm³/mol. The van der Waals surface area contributed by atoms with Crippen LogP contribution < -0.4 is 10.6 Å². The van der Waals surface area contributed by atoms with E-state index in [2.05, 4.69) is 27.7 Å². The number of rotatable bonds is 5. The fourth-order valence-electron chi connectivity index (χ4n) is 3.95. The molecule has 0 unspecified atom stereocenters. The van der Waals surface area contributed by atoms with Crippen LogP contribution in [0.2, 0.25) is 0 Å². The van der Waals surface area contributed by atoms with Gasteiger partial charge in [-0.05, 0) is 48.6 Å². The second-order valence-electron chi connectivity index (χ2n) is 8.04. The van der Waals surface area contributed by atoms with E-state index in [0.29, 0.717) is 31.8 Å². The smallest absolute Gasteiger partial charge is 0.321 e. The lowest BCUT2D eigenvalue weighted by atomic mass is 9.88. The number of oxime groups is 1. The third-order valence-corrected chi connectivity index (χ3v) is 5.72. The molecule has 2 aromatic rings. The van der Waals surface area contributed by atoms with Crippen molar-refractivity contribution < 1.29 is 14.4 Å². The average molecular weight is 422 g/mol. The first-order valence-corrected chi connectivity index (χ1v) is 10.6. The van der Waals surface area contributed by atoms with Gasteiger partial charge in [0.25, 0.3) is 5.91 Å². The van der Waals surface area contributed by atoms with Crippen molar-refractivity contribution in [3.8, 4) is 0 Å². The van der Waals surface area contributed by atoms with Gasteiger partial charge in [0.1, 0.15) is 5.71 Å². The number of anilines is 1. The molecule has 4 rings (SSSR count). The van der Waals surface area contributed by atoms with Crippen LogP contribution in [0.25, 0.3) is 0 Å². The van der Waals surface area contributed by atoms with E-state index in [4.69, 9.17) is 4.84 Å². The highest BCUT2D eigenvalue weighted by Gasteiger charge is 2.45. The molecule has 31 heavy (non-hydrogen) atoms. The molecule has 8 heteroatoms. The summed E-state index contributed by atoms with van der Waals surface area (Å²) in [6.07, 6.45) is 6.30. The molecular formula is C23H27N5O3. The van der Waals surface area contributed by atoms with Gasteiger partial charge in [-0.25, -0.2) is 4.79 Å². The number of aryl methyl sites for hydroxylation is 1. The van der Waals surface area contributed by atoms with Gasteiger partial charge in [-0.1, -0.05) is 30.3 Å². The van der Waals surface area contributed by atoms with Crippen LogP contribution in [0.1, 0.15) is 37.3 Å². The number of likely N-dealkylation sites (tertiary alicyclic amines) is 1. The molecule has 2 aliphatic heterocycles. The van der Waals surface area contributed by atoms with Crippen LogP contribution in [0.3, 0.4) is 0 Å². The van der Waals surface area contributed by atoms with Gasteiger partial charge >= 0.3 is 6.03 Å². The minimum absolute atomic E-state index is 0.165. The highest BCUT2D eigenvalue weighted by atomic mass is 16.7. The molecule has 0 aliphatic carbocycles. The summed E-state index contributed by atoms with van der Waals surface area (Å²) in [6, 6.07) is 11.4. The Kier molecular flexibility index (Phi) is 6.16. The zero-order chi connectivity index (χ0) is 21.7. The number of aromatic nitrogens is 1. The SMILES string of the molecule is CCc1ccc(NC(=O)N2CCC[C@]3(CC(C(=O)NCc4cccnc4)=NO3)C2)cc1. The third-order valence-electron chi connectivity index (χ3n) is 5.72. The molecule has 8 nitrogen and oxygen atoms in total. The number of amides is 3. The van der Waals surface area contributed by atoms with Crippen LogP contribution in [-0.2, 0) is 22.6 Å². The van der Waals surface area contributed by atoms with Crippen molar-refractivity contribution in [1.82, 2.24) is 15.2 Å². The van der Waals surface area contributed by atoms with E-state index in [1.807, 2.05) is 36.4 Å². The molecule has 1 spiro atoms. The fraction of sp³-hybridized carbons (Fsp3) is 0.391. The van der Waals surface area contributed by atoms with Gasteiger partial charge in [-0.15, -0.1) is 0 Å². The Morgan fingerprint density at radius 2 is 2.03 bits per heavy atom. The number of pyridine rings is 1. The number of hydrogen-bond donors (Lipinski definition) is 2. The molecule has 2 aliphatic rings. The maximum absolute atomic E-state index is 12.8. The first-order valence-electron chi connectivity index (χ1n) is 10.6. The molecular weight excluding hydrogens is 394 g/mol. The maximum atomic E-state index is 12.8. The topological polar surface area (TPSA) is 95.9 Å². The van der Waals surface area contributed by atoms with Gasteiger partial charge in [0, 0.05) is 37.6 Å². The molecule has 0 bridgehead atoms. The molecule has 1 fully saturated rings. The number of carbonyl (C=O) groups is 2. The number of urea groups is 1. The molecule has 0 radical (unpaired) electrons. The van der Waals surface area contributed by atoms with E-state index >= 15 is 0 Å². The van der Waals surface area contributed by atoms with E-state index in [9.17, 15) is 9.59 Å². The van der Waals surface area contributed by atoms with Crippen molar-refractivity contribution in [3.63, 3.8) is 0 Å². The quantitative estimate of drug-likeness (QED) is 0.775. The van der Waals surface area contributed by atoms with Gasteiger partial charge in [-0.2, -0.15) is 0 Å². The molecule has 0 saturated carbocycles. The second-order valence-corrected chi connectivity index (χ2v) is 8.04. The van der Waals surface area contributed by atoms with Crippen LogP contribution in [-0.4, -0.2) is 46.2 Å². The van der Waals surface area contributed by atoms with Crippen molar-refractivity contribution in [1.29, 1.82) is 0 Å². The molecule has 2 N–H and O–H groups in total. The van der Waals surface area contributed by atoms with Crippen LogP contribution in [0.15, 0.2) is 53.9 Å². The molecule has 1 saturated heterocycles. The zero-order valence-corrected chi connectivity index (χ0v) is 17.6. The summed E-state index contributed by atoms with van der Waals surface area (Å²) < 4.78 is 0. The zero-order valence-electron chi connectivity index (χ0n) is 17.6. The van der Waals surface area contributed by atoms with E-state index in [1.54, 1.807) is 17.3 Å². The number of carbonyl (C=O) groups excluding carboxylic acids is 2. The Bertz CT molecular complexity index is 961. The van der Waals surface area contributed by atoms with Crippen molar-refractivity contribution in [3.05, 3.63) is 59.9 Å². The van der Waals surface area contributed by atoms with E-state index in [1.165, 1.54) is 5.56 Å². The van der Waals surface area contributed by atoms with Gasteiger partial charge in [-0.3, -0.25) is 9.78 Å². The minimum Gasteiger partial charge on any atom is -0.386 e. The van der Waals surface area contributed by atoms with Crippen molar-refractivity contribution >= 4 is 23.3 Å². The van der Waals surface area contributed by atoms with Gasteiger partial charge in [0.15, 0.2) is 5.60 Å². The average Bonchev–Trinajstić information content (AvgIpc) is 3.21. The maximum Gasteiger partial charge on any atom is 0.321 e. The van der Waals surface area contributed by atoms with E-state index < -0.39 is 5.60 Å². The molecule has 1 aromatic carbocycles. The van der Waals surface area contributed by atoms with Crippen molar-refractivity contribution in [2.75, 3.05) is 18.4 Å². The Morgan fingerprint density at radius 1 is 1.19 bits per heavy atom. The van der Waals surface area contributed by atoms with Crippen molar-refractivity contribution in [2.24, 2.45) is 5.16 Å². The van der Waals surface area contributed by atoms with E-state index in [0.717, 1.165) is 30.5 Å². The summed E-state index contributed by atoms with van der Waals surface area (Å²) in [7, 11) is 0. The normalized spacial score (nSPS) is 20.2. The largest absolute Gasteiger partial charge is 0.386 e. The fourth-order valence-corrected chi connectivity index (χ4v) is 3.95. The van der Waals surface area contributed by atoms with Crippen molar-refractivity contribution in [2.45, 2.75) is 44.8 Å². The molecule has 3 heterocycles. The van der Waals surface area contributed by atoms with Crippen LogP contribution in [0.4, 0.5) is 10.5 Å². The highest BCUT2D eigenvalue weighted by molar-refractivity contribution is 6.39. The summed E-state index contributed by atoms with van der Waals surface area (Å²) in [5, 5.41) is 9.86. The lowest BCUT2D eigenvalue weighted by molar-refractivity contribution is -0.115. The molecule has 3 amide bonds. The number of benzene rings is 1. The molecule has 1 atom stereocenters. The molecule has 1 aromatic heterocycles. The Hall–Kier alpha value is -3.42. The first kappa shape index (κ1) is 20.8. The number of piperidine rings is 1. The summed E-state index contributed by atoms with van der Waals surface area (Å²) in [4.78, 5) is 36.8. The number of hydrogen-bond acceptors (Lipinski definition) is 5. The standard InChI is InChI=1S/C23H27N5O3/c1-2-17-6-8-19(9-7-17)26-22(30)28-12-4-10-23(16-28)13-20(27-31-23)21(29)25-15-18-5-3-11-24-14-18/h3,5-9,11,14H,2,4,10,12-13,15-16H2,1H3,(H,25,29)(H,26,30)/t23-/m0/s1. The van der Waals surface area contributed by atoms with Gasteiger partial charge < -0.3 is 20.4 Å². The molecule has 162 valence electrons. The Morgan fingerprint density at radius 3 is 2.77 bits per heavy atom. The van der Waals surface area contributed by atoms with E-state index in [-0.39, 0.29) is 11.9 Å². The monoisotopic (exact) mass is 421 g/mol. The minimum atomic E-state index is -0.636. The summed E-state index contributed by atoms with van der Waals surface area (Å²) in [5.41, 5.74) is 2.63. The van der Waals surface area contributed by atoms with Gasteiger partial charge in [0.05, 0.1) is 6.54 Å². The number of nitrogens with one attached hydrogen (secondary N) is 2. The lowest BCUT2D eigenvalue weighted by Crippen LogP contribution is -2.52. The second kappa shape index (κ2) is 9.16. The Labute approximate surface area is 181 Å². The Balaban J connectivity index is 1.31. The predicted octanol–water partition coefficient (Wildman–Crippen LogP) is 3.10. The summed E-state index contributed by atoms with van der Waals surface area (Å²) in [5.74, 6) is -0.252. The van der Waals surface area contributed by atoms with Crippen LogP contribution in [0.5, 0.6) is 0 Å². The van der Waals surface area contributed by atoms with Gasteiger partial charge in [0.2, 0.25) is 0 Å².